The number of methoxy groups -OCH3 is 1. The maximum Gasteiger partial charge on any atom is 0.229 e. The topological polar surface area (TPSA) is 58.6 Å². The Hall–Kier alpha value is -0.970. The van der Waals surface area contributed by atoms with Crippen molar-refractivity contribution >= 4 is 34.8 Å². The molecule has 4 nitrogen and oxygen atoms in total. The molecule has 1 atom stereocenters. The molecule has 2 N–H and O–H groups in total. The molecule has 0 aromatic heterocycles. The first-order chi connectivity index (χ1) is 7.95. The number of carbonyl (C=O) groups is 1. The van der Waals surface area contributed by atoms with Crippen molar-refractivity contribution in [1.82, 2.24) is 0 Å². The van der Waals surface area contributed by atoms with E-state index in [9.17, 15) is 9.90 Å². The number of carbonyl (C=O) groups excluding carboxylic acids is 1. The van der Waals surface area contributed by atoms with Gasteiger partial charge in [-0.2, -0.15) is 0 Å². The lowest BCUT2D eigenvalue weighted by Gasteiger charge is -2.12. The highest BCUT2D eigenvalue weighted by molar-refractivity contribution is 6.37. The maximum atomic E-state index is 11.7. The number of anilines is 1. The number of hydrogen-bond donors (Lipinski definition) is 2. The predicted molar refractivity (Wildman–Crippen MR) is 67.8 cm³/mol. The molecule has 1 aromatic carbocycles. The molecule has 1 aromatic rings. The molecule has 0 aliphatic carbocycles. The van der Waals surface area contributed by atoms with Crippen LogP contribution in [-0.2, 0) is 9.53 Å². The van der Waals surface area contributed by atoms with Crippen LogP contribution in [0.2, 0.25) is 10.0 Å². The summed E-state index contributed by atoms with van der Waals surface area (Å²) in [7, 11) is 1.53. The number of rotatable bonds is 4. The summed E-state index contributed by atoms with van der Waals surface area (Å²) in [6.07, 6.45) is 0. The number of phenols is 1. The Bertz CT molecular complexity index is 400. The van der Waals surface area contributed by atoms with E-state index in [1.165, 1.54) is 19.2 Å². The Kier molecular flexibility index (Phi) is 5.05. The normalized spacial score (nSPS) is 12.2. The van der Waals surface area contributed by atoms with Crippen molar-refractivity contribution in [1.29, 1.82) is 0 Å². The summed E-state index contributed by atoms with van der Waals surface area (Å²) in [5.41, 5.74) is 0.436. The smallest absolute Gasteiger partial charge is 0.229 e. The molecule has 17 heavy (non-hydrogen) atoms. The maximum absolute atomic E-state index is 11.7. The summed E-state index contributed by atoms with van der Waals surface area (Å²) in [5, 5.41) is 12.2. The molecule has 0 aliphatic rings. The number of phenolic OH excluding ortho intramolecular Hbond substituents is 1. The Morgan fingerprint density at radius 1 is 1.47 bits per heavy atom. The molecular formula is C11H13Cl2NO3. The number of amides is 1. The molecule has 6 heteroatoms. The zero-order valence-electron chi connectivity index (χ0n) is 9.46. The van der Waals surface area contributed by atoms with Crippen LogP contribution < -0.4 is 5.32 Å². The Labute approximate surface area is 109 Å². The Morgan fingerprint density at radius 2 is 2.00 bits per heavy atom. The lowest BCUT2D eigenvalue weighted by molar-refractivity contribution is -0.120. The van der Waals surface area contributed by atoms with E-state index >= 15 is 0 Å². The molecule has 0 bridgehead atoms. The third-order valence-corrected chi connectivity index (χ3v) is 2.72. The molecule has 1 amide bonds. The average molecular weight is 278 g/mol. The summed E-state index contributed by atoms with van der Waals surface area (Å²) in [6, 6.07) is 2.86. The Balaban J connectivity index is 2.79. The molecule has 1 rings (SSSR count). The molecule has 0 saturated carbocycles. The zero-order chi connectivity index (χ0) is 13.0. The fraction of sp³-hybridized carbons (Fsp3) is 0.364. The van der Waals surface area contributed by atoms with Crippen LogP contribution in [0.25, 0.3) is 0 Å². The third-order valence-electron chi connectivity index (χ3n) is 2.15. The van der Waals surface area contributed by atoms with Crippen LogP contribution in [0.15, 0.2) is 12.1 Å². The summed E-state index contributed by atoms with van der Waals surface area (Å²) in [6.45, 7) is 2.06. The molecule has 0 unspecified atom stereocenters. The summed E-state index contributed by atoms with van der Waals surface area (Å²) in [4.78, 5) is 11.7. The van der Waals surface area contributed by atoms with Gasteiger partial charge in [-0.05, 0) is 12.1 Å². The van der Waals surface area contributed by atoms with E-state index in [1.54, 1.807) is 6.92 Å². The fourth-order valence-electron chi connectivity index (χ4n) is 1.23. The van der Waals surface area contributed by atoms with E-state index in [1.807, 2.05) is 0 Å². The highest BCUT2D eigenvalue weighted by atomic mass is 35.5. The second-order valence-electron chi connectivity index (χ2n) is 3.63. The number of hydrogen-bond acceptors (Lipinski definition) is 3. The van der Waals surface area contributed by atoms with E-state index in [0.717, 1.165) is 0 Å². The van der Waals surface area contributed by atoms with Gasteiger partial charge in [0.2, 0.25) is 5.91 Å². The van der Waals surface area contributed by atoms with Crippen LogP contribution in [0.1, 0.15) is 6.92 Å². The van der Waals surface area contributed by atoms with Crippen molar-refractivity contribution in [3.63, 3.8) is 0 Å². The Morgan fingerprint density at radius 3 is 2.47 bits per heavy atom. The van der Waals surface area contributed by atoms with Gasteiger partial charge < -0.3 is 15.2 Å². The molecule has 94 valence electrons. The standard InChI is InChI=1S/C11H13Cl2NO3/c1-6(5-17-2)11(16)14-7-3-8(12)10(15)9(13)4-7/h3-4,6,15H,5H2,1-2H3,(H,14,16)/t6-/m1/s1. The van der Waals surface area contributed by atoms with Crippen LogP contribution in [0, 0.1) is 5.92 Å². The van der Waals surface area contributed by atoms with Crippen LogP contribution >= 0.6 is 23.2 Å². The average Bonchev–Trinajstić information content (AvgIpc) is 2.26. The highest BCUT2D eigenvalue weighted by Crippen LogP contribution is 2.34. The lowest BCUT2D eigenvalue weighted by atomic mass is 10.2. The van der Waals surface area contributed by atoms with Crippen LogP contribution in [0.3, 0.4) is 0 Å². The SMILES string of the molecule is COC[C@@H](C)C(=O)Nc1cc(Cl)c(O)c(Cl)c1. The van der Waals surface area contributed by atoms with E-state index in [0.29, 0.717) is 12.3 Å². The van der Waals surface area contributed by atoms with Gasteiger partial charge in [0, 0.05) is 12.8 Å². The van der Waals surface area contributed by atoms with Gasteiger partial charge in [0.05, 0.1) is 22.6 Å². The molecular weight excluding hydrogens is 265 g/mol. The molecule has 0 saturated heterocycles. The van der Waals surface area contributed by atoms with Gasteiger partial charge in [0.25, 0.3) is 0 Å². The number of nitrogens with one attached hydrogen (secondary N) is 1. The molecule has 0 radical (unpaired) electrons. The van der Waals surface area contributed by atoms with E-state index in [-0.39, 0.29) is 27.6 Å². The van der Waals surface area contributed by atoms with Gasteiger partial charge in [-0.1, -0.05) is 30.1 Å². The van der Waals surface area contributed by atoms with Crippen LogP contribution in [0.5, 0.6) is 5.75 Å². The minimum Gasteiger partial charge on any atom is -0.505 e. The number of halogens is 2. The number of benzene rings is 1. The molecule has 0 aliphatic heterocycles. The minimum absolute atomic E-state index is 0.0900. The number of ether oxygens (including phenoxy) is 1. The predicted octanol–water partition coefficient (Wildman–Crippen LogP) is 2.92. The quantitative estimate of drug-likeness (QED) is 0.832. The van der Waals surface area contributed by atoms with Gasteiger partial charge in [-0.3, -0.25) is 4.79 Å². The van der Waals surface area contributed by atoms with Gasteiger partial charge in [-0.25, -0.2) is 0 Å². The van der Waals surface area contributed by atoms with E-state index < -0.39 is 0 Å². The second kappa shape index (κ2) is 6.10. The van der Waals surface area contributed by atoms with Gasteiger partial charge in [0.1, 0.15) is 0 Å². The van der Waals surface area contributed by atoms with Gasteiger partial charge in [0.15, 0.2) is 5.75 Å². The van der Waals surface area contributed by atoms with Crippen molar-refractivity contribution < 1.29 is 14.6 Å². The van der Waals surface area contributed by atoms with Gasteiger partial charge >= 0.3 is 0 Å². The fourth-order valence-corrected chi connectivity index (χ4v) is 1.72. The first-order valence-corrected chi connectivity index (χ1v) is 5.69. The van der Waals surface area contributed by atoms with E-state index in [2.05, 4.69) is 5.32 Å². The van der Waals surface area contributed by atoms with E-state index in [4.69, 9.17) is 27.9 Å². The largest absolute Gasteiger partial charge is 0.505 e. The van der Waals surface area contributed by atoms with Crippen molar-refractivity contribution in [3.8, 4) is 5.75 Å². The van der Waals surface area contributed by atoms with Crippen molar-refractivity contribution in [2.24, 2.45) is 5.92 Å². The molecule has 0 fully saturated rings. The molecule has 0 spiro atoms. The van der Waals surface area contributed by atoms with Crippen LogP contribution in [-0.4, -0.2) is 24.7 Å². The highest BCUT2D eigenvalue weighted by Gasteiger charge is 2.14. The van der Waals surface area contributed by atoms with Gasteiger partial charge in [-0.15, -0.1) is 0 Å². The summed E-state index contributed by atoms with van der Waals surface area (Å²) >= 11 is 11.5. The minimum atomic E-state index is -0.286. The lowest BCUT2D eigenvalue weighted by Crippen LogP contribution is -2.23. The van der Waals surface area contributed by atoms with Crippen LogP contribution in [0.4, 0.5) is 5.69 Å². The van der Waals surface area contributed by atoms with Crippen molar-refractivity contribution in [3.05, 3.63) is 22.2 Å². The third kappa shape index (κ3) is 3.77. The van der Waals surface area contributed by atoms with Crippen molar-refractivity contribution in [2.45, 2.75) is 6.92 Å². The van der Waals surface area contributed by atoms with Crippen molar-refractivity contribution in [2.75, 3.05) is 19.0 Å². The first kappa shape index (κ1) is 14.1. The monoisotopic (exact) mass is 277 g/mol. The molecule has 0 heterocycles. The first-order valence-electron chi connectivity index (χ1n) is 4.93. The zero-order valence-corrected chi connectivity index (χ0v) is 11.0. The summed E-state index contributed by atoms with van der Waals surface area (Å²) in [5.74, 6) is -0.688. The second-order valence-corrected chi connectivity index (χ2v) is 4.45. The summed E-state index contributed by atoms with van der Waals surface area (Å²) < 4.78 is 4.88. The number of aromatic hydroxyl groups is 1.